The molecular formula is C12H19ClN2S. The fourth-order valence-corrected chi connectivity index (χ4v) is 2.67. The summed E-state index contributed by atoms with van der Waals surface area (Å²) < 4.78 is 0. The third-order valence-corrected chi connectivity index (χ3v) is 3.65. The number of thioether (sulfide) groups is 1. The van der Waals surface area contributed by atoms with Gasteiger partial charge in [-0.1, -0.05) is 24.6 Å². The van der Waals surface area contributed by atoms with Gasteiger partial charge < -0.3 is 5.32 Å². The lowest BCUT2D eigenvalue weighted by atomic mass is 10.1. The first kappa shape index (κ1) is 13.8. The van der Waals surface area contributed by atoms with Crippen molar-refractivity contribution < 1.29 is 0 Å². The smallest absolute Gasteiger partial charge is 0.133 e. The molecular weight excluding hydrogens is 240 g/mol. The highest BCUT2D eigenvalue weighted by atomic mass is 35.5. The first-order valence-corrected chi connectivity index (χ1v) is 7.31. The zero-order valence-corrected chi connectivity index (χ0v) is 11.6. The van der Waals surface area contributed by atoms with E-state index in [1.807, 2.05) is 23.9 Å². The van der Waals surface area contributed by atoms with Crippen LogP contribution in [-0.4, -0.2) is 23.0 Å². The maximum absolute atomic E-state index is 6.07. The van der Waals surface area contributed by atoms with E-state index in [4.69, 9.17) is 11.6 Å². The Hall–Kier alpha value is -0.250. The van der Waals surface area contributed by atoms with Crippen LogP contribution in [0.4, 0.5) is 0 Å². The largest absolute Gasteiger partial charge is 0.307 e. The van der Waals surface area contributed by atoms with Gasteiger partial charge >= 0.3 is 0 Å². The van der Waals surface area contributed by atoms with E-state index < -0.39 is 0 Å². The van der Waals surface area contributed by atoms with Crippen LogP contribution in [0.25, 0.3) is 0 Å². The first-order valence-electron chi connectivity index (χ1n) is 5.54. The summed E-state index contributed by atoms with van der Waals surface area (Å²) in [6.07, 6.45) is 4.98. The standard InChI is InChI=1S/C12H19ClN2S/c1-4-10(8-16-3)15-9(2)11-6-5-7-14-12(11)13/h5-7,9-10,15H,4,8H2,1-3H3. The van der Waals surface area contributed by atoms with Crippen molar-refractivity contribution in [3.05, 3.63) is 29.0 Å². The lowest BCUT2D eigenvalue weighted by molar-refractivity contribution is 0.474. The molecule has 0 radical (unpaired) electrons. The second kappa shape index (κ2) is 7.15. The molecule has 0 fully saturated rings. The molecule has 1 rings (SSSR count). The van der Waals surface area contributed by atoms with Crippen LogP contribution in [-0.2, 0) is 0 Å². The second-order valence-electron chi connectivity index (χ2n) is 3.83. The molecule has 4 heteroatoms. The molecule has 0 aliphatic rings. The van der Waals surface area contributed by atoms with Gasteiger partial charge in [0.15, 0.2) is 0 Å². The summed E-state index contributed by atoms with van der Waals surface area (Å²) in [5.74, 6) is 1.12. The minimum Gasteiger partial charge on any atom is -0.307 e. The number of nitrogens with one attached hydrogen (secondary N) is 1. The van der Waals surface area contributed by atoms with Gasteiger partial charge in [0.05, 0.1) is 0 Å². The average molecular weight is 259 g/mol. The minimum atomic E-state index is 0.248. The van der Waals surface area contributed by atoms with Crippen molar-refractivity contribution in [3.8, 4) is 0 Å². The Kier molecular flexibility index (Phi) is 6.17. The normalized spacial score (nSPS) is 14.8. The fraction of sp³-hybridized carbons (Fsp3) is 0.583. The molecule has 0 bridgehead atoms. The molecule has 0 amide bonds. The first-order chi connectivity index (χ1) is 7.69. The van der Waals surface area contributed by atoms with Gasteiger partial charge in [0.2, 0.25) is 0 Å². The van der Waals surface area contributed by atoms with E-state index in [0.717, 1.165) is 17.7 Å². The lowest BCUT2D eigenvalue weighted by Gasteiger charge is -2.22. The maximum atomic E-state index is 6.07. The van der Waals surface area contributed by atoms with E-state index in [9.17, 15) is 0 Å². The summed E-state index contributed by atoms with van der Waals surface area (Å²) >= 11 is 7.93. The molecule has 16 heavy (non-hydrogen) atoms. The highest BCUT2D eigenvalue weighted by Gasteiger charge is 2.13. The molecule has 1 N–H and O–H groups in total. The van der Waals surface area contributed by atoms with Gasteiger partial charge in [0, 0.05) is 29.6 Å². The van der Waals surface area contributed by atoms with Gasteiger partial charge in [0.1, 0.15) is 5.15 Å². The molecule has 0 aromatic carbocycles. The SMILES string of the molecule is CCC(CSC)NC(C)c1cccnc1Cl. The van der Waals surface area contributed by atoms with Crippen LogP contribution in [0.1, 0.15) is 31.9 Å². The minimum absolute atomic E-state index is 0.248. The topological polar surface area (TPSA) is 24.9 Å². The number of aromatic nitrogens is 1. The Morgan fingerprint density at radius 3 is 2.88 bits per heavy atom. The van der Waals surface area contributed by atoms with Gasteiger partial charge in [-0.25, -0.2) is 4.98 Å². The summed E-state index contributed by atoms with van der Waals surface area (Å²) in [5.41, 5.74) is 1.07. The zero-order valence-electron chi connectivity index (χ0n) is 10.0. The molecule has 0 aliphatic heterocycles. The highest BCUT2D eigenvalue weighted by Crippen LogP contribution is 2.21. The van der Waals surface area contributed by atoms with Crippen LogP contribution in [0.2, 0.25) is 5.15 Å². The van der Waals surface area contributed by atoms with Crippen LogP contribution < -0.4 is 5.32 Å². The number of hydrogen-bond donors (Lipinski definition) is 1. The van der Waals surface area contributed by atoms with Crippen molar-refractivity contribution in [1.29, 1.82) is 0 Å². The van der Waals surface area contributed by atoms with E-state index in [1.54, 1.807) is 6.20 Å². The Balaban J connectivity index is 2.64. The Morgan fingerprint density at radius 1 is 1.56 bits per heavy atom. The van der Waals surface area contributed by atoms with Crippen molar-refractivity contribution in [3.63, 3.8) is 0 Å². The molecule has 0 saturated heterocycles. The number of nitrogens with zero attached hydrogens (tertiary/aromatic N) is 1. The zero-order chi connectivity index (χ0) is 12.0. The third-order valence-electron chi connectivity index (χ3n) is 2.60. The molecule has 2 unspecified atom stereocenters. The second-order valence-corrected chi connectivity index (χ2v) is 5.10. The van der Waals surface area contributed by atoms with Gasteiger partial charge in [-0.3, -0.25) is 0 Å². The fourth-order valence-electron chi connectivity index (χ4n) is 1.65. The molecule has 1 aromatic heterocycles. The Bertz CT molecular complexity index is 320. The number of rotatable bonds is 6. The Morgan fingerprint density at radius 2 is 2.31 bits per heavy atom. The van der Waals surface area contributed by atoms with Crippen molar-refractivity contribution in [2.45, 2.75) is 32.4 Å². The lowest BCUT2D eigenvalue weighted by Crippen LogP contribution is -2.33. The van der Waals surface area contributed by atoms with E-state index in [0.29, 0.717) is 11.2 Å². The monoisotopic (exact) mass is 258 g/mol. The molecule has 2 nitrogen and oxygen atoms in total. The summed E-state index contributed by atoms with van der Waals surface area (Å²) in [6.45, 7) is 4.33. The maximum Gasteiger partial charge on any atom is 0.133 e. The summed E-state index contributed by atoms with van der Waals surface area (Å²) in [5, 5.41) is 4.18. The van der Waals surface area contributed by atoms with Gasteiger partial charge in [-0.2, -0.15) is 11.8 Å². The highest BCUT2D eigenvalue weighted by molar-refractivity contribution is 7.98. The van der Waals surface area contributed by atoms with E-state index in [-0.39, 0.29) is 6.04 Å². The third kappa shape index (κ3) is 3.96. The number of hydrogen-bond acceptors (Lipinski definition) is 3. The van der Waals surface area contributed by atoms with Crippen LogP contribution in [0.15, 0.2) is 18.3 Å². The van der Waals surface area contributed by atoms with Crippen LogP contribution in [0.3, 0.4) is 0 Å². The van der Waals surface area contributed by atoms with Crippen molar-refractivity contribution in [2.75, 3.05) is 12.0 Å². The molecule has 0 aliphatic carbocycles. The quantitative estimate of drug-likeness (QED) is 0.791. The molecule has 1 aromatic rings. The van der Waals surface area contributed by atoms with Gasteiger partial charge in [-0.15, -0.1) is 0 Å². The molecule has 1 heterocycles. The van der Waals surface area contributed by atoms with E-state index >= 15 is 0 Å². The Labute approximate surface area is 107 Å². The van der Waals surface area contributed by atoms with Crippen molar-refractivity contribution in [1.82, 2.24) is 10.3 Å². The average Bonchev–Trinajstić information content (AvgIpc) is 2.28. The predicted octanol–water partition coefficient (Wildman–Crippen LogP) is 3.53. The number of pyridine rings is 1. The molecule has 90 valence electrons. The van der Waals surface area contributed by atoms with Crippen molar-refractivity contribution >= 4 is 23.4 Å². The summed E-state index contributed by atoms with van der Waals surface area (Å²) in [4.78, 5) is 4.10. The predicted molar refractivity (Wildman–Crippen MR) is 73.3 cm³/mol. The van der Waals surface area contributed by atoms with Crippen LogP contribution in [0.5, 0.6) is 0 Å². The summed E-state index contributed by atoms with van der Waals surface area (Å²) in [6, 6.07) is 4.73. The van der Waals surface area contributed by atoms with Crippen molar-refractivity contribution in [2.24, 2.45) is 0 Å². The summed E-state index contributed by atoms with van der Waals surface area (Å²) in [7, 11) is 0. The molecule has 2 atom stereocenters. The number of halogens is 1. The van der Waals surface area contributed by atoms with Crippen LogP contribution in [0, 0.1) is 0 Å². The van der Waals surface area contributed by atoms with E-state index in [2.05, 4.69) is 30.4 Å². The van der Waals surface area contributed by atoms with Crippen LogP contribution >= 0.6 is 23.4 Å². The molecule has 0 spiro atoms. The van der Waals surface area contributed by atoms with Gasteiger partial charge in [0.25, 0.3) is 0 Å². The molecule has 0 saturated carbocycles. The van der Waals surface area contributed by atoms with Gasteiger partial charge in [-0.05, 0) is 25.7 Å². The van der Waals surface area contributed by atoms with E-state index in [1.165, 1.54) is 0 Å².